The highest BCUT2D eigenvalue weighted by atomic mass is 16.1. The largest absolute Gasteiger partial charge is 0.368 e. The fourth-order valence-corrected chi connectivity index (χ4v) is 0.829. The molecule has 0 saturated heterocycles. The third-order valence-electron chi connectivity index (χ3n) is 1.65. The summed E-state index contributed by atoms with van der Waals surface area (Å²) in [6.45, 7) is 0. The molecule has 0 spiro atoms. The van der Waals surface area contributed by atoms with Crippen molar-refractivity contribution >= 4 is 5.91 Å². The summed E-state index contributed by atoms with van der Waals surface area (Å²) in [5.41, 5.74) is 10.3. The molecule has 0 aromatic carbocycles. The third-order valence-corrected chi connectivity index (χ3v) is 1.65. The van der Waals surface area contributed by atoms with Gasteiger partial charge in [0.05, 0.1) is 6.04 Å². The molecule has 3 heteroatoms. The fraction of sp³-hybridized carbons (Fsp3) is 0.833. The van der Waals surface area contributed by atoms with Crippen molar-refractivity contribution < 1.29 is 4.79 Å². The predicted molar refractivity (Wildman–Crippen MR) is 34.5 cm³/mol. The van der Waals surface area contributed by atoms with Gasteiger partial charge in [0.25, 0.3) is 0 Å². The summed E-state index contributed by atoms with van der Waals surface area (Å²) < 4.78 is 0. The zero-order valence-electron chi connectivity index (χ0n) is 5.34. The Balaban J connectivity index is 2.16. The maximum atomic E-state index is 10.4. The molecule has 1 aliphatic rings. The van der Waals surface area contributed by atoms with Gasteiger partial charge in [-0.2, -0.15) is 0 Å². The van der Waals surface area contributed by atoms with Crippen LogP contribution in [0.1, 0.15) is 19.3 Å². The summed E-state index contributed by atoms with van der Waals surface area (Å²) in [5.74, 6) is 0.314. The van der Waals surface area contributed by atoms with Crippen LogP contribution in [0, 0.1) is 5.92 Å². The highest BCUT2D eigenvalue weighted by Gasteiger charge is 2.25. The van der Waals surface area contributed by atoms with E-state index in [0.29, 0.717) is 5.92 Å². The molecular formula is C6H12N2O. The van der Waals surface area contributed by atoms with Gasteiger partial charge in [0, 0.05) is 0 Å². The van der Waals surface area contributed by atoms with Crippen molar-refractivity contribution in [1.82, 2.24) is 0 Å². The topological polar surface area (TPSA) is 69.1 Å². The molecule has 0 radical (unpaired) electrons. The molecule has 1 aliphatic carbocycles. The average molecular weight is 128 g/mol. The first kappa shape index (κ1) is 6.55. The van der Waals surface area contributed by atoms with Gasteiger partial charge in [-0.15, -0.1) is 0 Å². The van der Waals surface area contributed by atoms with Crippen LogP contribution in [0.4, 0.5) is 0 Å². The average Bonchev–Trinajstić information content (AvgIpc) is 2.50. The fourth-order valence-electron chi connectivity index (χ4n) is 0.829. The Bertz CT molecular complexity index is 120. The Morgan fingerprint density at radius 2 is 2.22 bits per heavy atom. The van der Waals surface area contributed by atoms with Crippen molar-refractivity contribution in [1.29, 1.82) is 0 Å². The molecule has 0 aliphatic heterocycles. The Morgan fingerprint density at radius 1 is 1.67 bits per heavy atom. The van der Waals surface area contributed by atoms with E-state index in [9.17, 15) is 4.79 Å². The lowest BCUT2D eigenvalue weighted by molar-refractivity contribution is -0.119. The minimum atomic E-state index is -0.405. The molecule has 9 heavy (non-hydrogen) atoms. The number of carbonyl (C=O) groups excluding carboxylic acids is 1. The number of hydrogen-bond donors (Lipinski definition) is 2. The van der Waals surface area contributed by atoms with Crippen LogP contribution < -0.4 is 11.5 Å². The van der Waals surface area contributed by atoms with Gasteiger partial charge >= 0.3 is 0 Å². The van der Waals surface area contributed by atoms with Crippen LogP contribution >= 0.6 is 0 Å². The maximum absolute atomic E-state index is 10.4. The lowest BCUT2D eigenvalue weighted by atomic mass is 10.1. The first-order valence-corrected chi connectivity index (χ1v) is 3.25. The Morgan fingerprint density at radius 3 is 2.56 bits per heavy atom. The van der Waals surface area contributed by atoms with Crippen LogP contribution in [0.2, 0.25) is 0 Å². The second-order valence-electron chi connectivity index (χ2n) is 2.69. The van der Waals surface area contributed by atoms with E-state index in [1.807, 2.05) is 0 Å². The molecule has 1 rings (SSSR count). The molecule has 0 aromatic heterocycles. The van der Waals surface area contributed by atoms with Gasteiger partial charge in [-0.25, -0.2) is 0 Å². The molecule has 0 bridgehead atoms. The van der Waals surface area contributed by atoms with Crippen molar-refractivity contribution in [2.24, 2.45) is 17.4 Å². The van der Waals surface area contributed by atoms with E-state index in [-0.39, 0.29) is 5.91 Å². The third kappa shape index (κ3) is 2.01. The maximum Gasteiger partial charge on any atom is 0.234 e. The first-order valence-electron chi connectivity index (χ1n) is 3.25. The van der Waals surface area contributed by atoms with Gasteiger partial charge in [-0.1, -0.05) is 12.8 Å². The molecule has 52 valence electrons. The summed E-state index contributed by atoms with van der Waals surface area (Å²) in [4.78, 5) is 10.4. The Labute approximate surface area is 54.4 Å². The van der Waals surface area contributed by atoms with Crippen molar-refractivity contribution in [3.63, 3.8) is 0 Å². The molecule has 3 nitrogen and oxygen atoms in total. The van der Waals surface area contributed by atoms with E-state index in [1.54, 1.807) is 0 Å². The number of carbonyl (C=O) groups is 1. The van der Waals surface area contributed by atoms with E-state index in [4.69, 9.17) is 11.5 Å². The molecule has 1 saturated carbocycles. The summed E-state index contributed by atoms with van der Waals surface area (Å²) in [6, 6.07) is -0.405. The first-order chi connectivity index (χ1) is 4.20. The number of primary amides is 1. The van der Waals surface area contributed by atoms with Crippen LogP contribution in [-0.2, 0) is 4.79 Å². The van der Waals surface area contributed by atoms with Gasteiger partial charge in [0.2, 0.25) is 5.91 Å². The molecule has 4 N–H and O–H groups in total. The van der Waals surface area contributed by atoms with Crippen molar-refractivity contribution in [2.45, 2.75) is 25.3 Å². The minimum absolute atomic E-state index is 0.373. The molecule has 1 atom stereocenters. The van der Waals surface area contributed by atoms with Gasteiger partial charge < -0.3 is 11.5 Å². The van der Waals surface area contributed by atoms with E-state index in [2.05, 4.69) is 0 Å². The number of hydrogen-bond acceptors (Lipinski definition) is 2. The molecular weight excluding hydrogens is 116 g/mol. The van der Waals surface area contributed by atoms with Gasteiger partial charge in [0.1, 0.15) is 0 Å². The summed E-state index contributed by atoms with van der Waals surface area (Å²) in [7, 11) is 0. The van der Waals surface area contributed by atoms with E-state index in [1.165, 1.54) is 12.8 Å². The molecule has 0 heterocycles. The standard InChI is InChI=1S/C6H12N2O/c7-5(6(8)9)3-4-1-2-4/h4-5H,1-3,7H2,(H2,8,9)/t5-/m0/s1. The van der Waals surface area contributed by atoms with E-state index in [0.717, 1.165) is 6.42 Å². The van der Waals surface area contributed by atoms with Crippen LogP contribution in [-0.4, -0.2) is 11.9 Å². The zero-order valence-corrected chi connectivity index (χ0v) is 5.34. The zero-order chi connectivity index (χ0) is 6.85. The lowest BCUT2D eigenvalue weighted by Crippen LogP contribution is -2.36. The number of rotatable bonds is 3. The second-order valence-corrected chi connectivity index (χ2v) is 2.69. The summed E-state index contributed by atoms with van der Waals surface area (Å²) >= 11 is 0. The Hall–Kier alpha value is -0.570. The normalized spacial score (nSPS) is 21.4. The minimum Gasteiger partial charge on any atom is -0.368 e. The van der Waals surface area contributed by atoms with Crippen LogP contribution in [0.3, 0.4) is 0 Å². The molecule has 0 aromatic rings. The summed E-state index contributed by atoms with van der Waals surface area (Å²) in [6.07, 6.45) is 3.23. The van der Waals surface area contributed by atoms with Gasteiger partial charge in [0.15, 0.2) is 0 Å². The smallest absolute Gasteiger partial charge is 0.234 e. The van der Waals surface area contributed by atoms with Crippen molar-refractivity contribution in [3.05, 3.63) is 0 Å². The lowest BCUT2D eigenvalue weighted by Gasteiger charge is -2.03. The number of nitrogens with two attached hydrogens (primary N) is 2. The SMILES string of the molecule is NC(=O)[C@@H](N)CC1CC1. The van der Waals surface area contributed by atoms with Crippen molar-refractivity contribution in [3.8, 4) is 0 Å². The summed E-state index contributed by atoms with van der Waals surface area (Å²) in [5, 5.41) is 0. The van der Waals surface area contributed by atoms with E-state index >= 15 is 0 Å². The number of amides is 1. The van der Waals surface area contributed by atoms with Crippen LogP contribution in [0.15, 0.2) is 0 Å². The molecule has 1 amide bonds. The molecule has 1 fully saturated rings. The highest BCUT2D eigenvalue weighted by Crippen LogP contribution is 2.32. The highest BCUT2D eigenvalue weighted by molar-refractivity contribution is 5.79. The van der Waals surface area contributed by atoms with Crippen LogP contribution in [0.25, 0.3) is 0 Å². The van der Waals surface area contributed by atoms with Gasteiger partial charge in [-0.3, -0.25) is 4.79 Å². The monoisotopic (exact) mass is 128 g/mol. The van der Waals surface area contributed by atoms with E-state index < -0.39 is 6.04 Å². The Kier molecular flexibility index (Phi) is 1.71. The molecule has 0 unspecified atom stereocenters. The van der Waals surface area contributed by atoms with Crippen molar-refractivity contribution in [2.75, 3.05) is 0 Å². The van der Waals surface area contributed by atoms with Gasteiger partial charge in [-0.05, 0) is 12.3 Å². The quantitative estimate of drug-likeness (QED) is 0.543. The predicted octanol–water partition coefficient (Wildman–Crippen LogP) is -0.401. The second kappa shape index (κ2) is 2.35. The van der Waals surface area contributed by atoms with Crippen LogP contribution in [0.5, 0.6) is 0 Å².